The minimum atomic E-state index is -0.314. The Kier molecular flexibility index (Phi) is 6.47. The highest BCUT2D eigenvalue weighted by Crippen LogP contribution is 2.38. The van der Waals surface area contributed by atoms with Crippen LogP contribution in [0.25, 0.3) is 10.8 Å². The average Bonchev–Trinajstić information content (AvgIpc) is 3.37. The van der Waals surface area contributed by atoms with Crippen molar-refractivity contribution in [3.8, 4) is 0 Å². The van der Waals surface area contributed by atoms with Gasteiger partial charge in [-0.05, 0) is 58.0 Å². The van der Waals surface area contributed by atoms with Gasteiger partial charge in [0.05, 0.1) is 6.04 Å². The van der Waals surface area contributed by atoms with Gasteiger partial charge in [-0.1, -0.05) is 54.6 Å². The lowest BCUT2D eigenvalue weighted by Gasteiger charge is -2.37. The second kappa shape index (κ2) is 9.84. The molecule has 0 aliphatic carbocycles. The van der Waals surface area contributed by atoms with Crippen LogP contribution in [0.1, 0.15) is 32.4 Å². The second-order valence-corrected chi connectivity index (χ2v) is 9.59. The summed E-state index contributed by atoms with van der Waals surface area (Å²) in [5, 5.41) is 3.86. The van der Waals surface area contributed by atoms with Crippen LogP contribution in [0.4, 0.5) is 4.39 Å². The lowest BCUT2D eigenvalue weighted by Crippen LogP contribution is -2.46. The number of carbonyl (C=O) groups is 2. The van der Waals surface area contributed by atoms with Crippen LogP contribution >= 0.6 is 11.3 Å². The van der Waals surface area contributed by atoms with E-state index in [9.17, 15) is 14.0 Å². The third-order valence-corrected chi connectivity index (χ3v) is 7.45. The number of carbonyl (C=O) groups excluding carboxylic acids is 2. The summed E-state index contributed by atoms with van der Waals surface area (Å²) in [6.07, 6.45) is 2.40. The zero-order chi connectivity index (χ0) is 24.4. The second-order valence-electron chi connectivity index (χ2n) is 8.59. The third kappa shape index (κ3) is 4.49. The standard InChI is InChI=1S/C29H25FN2O2S/c1-2-16-31(29(34)24-9-5-7-20-6-3-4-8-23(20)24)19-27(33)32-17-14-26-25(15-18-35-26)28(32)21-10-12-22(30)13-11-21/h2-13,15,18,28H,1,14,16-17,19H2. The molecular formula is C29H25FN2O2S. The summed E-state index contributed by atoms with van der Waals surface area (Å²) in [5.41, 5.74) is 2.48. The molecule has 0 spiro atoms. The SMILES string of the molecule is C=CCN(CC(=O)N1CCc2sccc2C1c1ccc(F)cc1)C(=O)c1cccc2ccccc12. The number of nitrogens with zero attached hydrogens (tertiary/aromatic N) is 2. The van der Waals surface area contributed by atoms with E-state index in [0.717, 1.165) is 28.3 Å². The van der Waals surface area contributed by atoms with Crippen LogP contribution in [0.2, 0.25) is 0 Å². The third-order valence-electron chi connectivity index (χ3n) is 6.45. The summed E-state index contributed by atoms with van der Waals surface area (Å²) in [6.45, 7) is 4.53. The first-order valence-electron chi connectivity index (χ1n) is 11.6. The fourth-order valence-corrected chi connectivity index (χ4v) is 5.70. The summed E-state index contributed by atoms with van der Waals surface area (Å²) < 4.78 is 13.6. The molecule has 1 aliphatic heterocycles. The van der Waals surface area contributed by atoms with Gasteiger partial charge in [0.15, 0.2) is 0 Å². The molecule has 0 radical (unpaired) electrons. The van der Waals surface area contributed by atoms with Gasteiger partial charge >= 0.3 is 0 Å². The molecule has 4 nitrogen and oxygen atoms in total. The molecule has 1 unspecified atom stereocenters. The van der Waals surface area contributed by atoms with Crippen molar-refractivity contribution in [2.45, 2.75) is 12.5 Å². The Balaban J connectivity index is 1.45. The van der Waals surface area contributed by atoms with Gasteiger partial charge in [0.2, 0.25) is 5.91 Å². The number of amides is 2. The maximum absolute atomic E-state index is 13.7. The van der Waals surface area contributed by atoms with E-state index < -0.39 is 0 Å². The van der Waals surface area contributed by atoms with Crippen LogP contribution in [0, 0.1) is 5.82 Å². The molecular weight excluding hydrogens is 459 g/mol. The van der Waals surface area contributed by atoms with E-state index in [-0.39, 0.29) is 36.8 Å². The Hall–Kier alpha value is -3.77. The summed E-state index contributed by atoms with van der Waals surface area (Å²) in [7, 11) is 0. The van der Waals surface area contributed by atoms with Crippen LogP contribution in [-0.4, -0.2) is 41.2 Å². The van der Waals surface area contributed by atoms with Crippen molar-refractivity contribution in [3.05, 3.63) is 118 Å². The number of halogens is 1. The van der Waals surface area contributed by atoms with E-state index >= 15 is 0 Å². The van der Waals surface area contributed by atoms with Crippen molar-refractivity contribution < 1.29 is 14.0 Å². The van der Waals surface area contributed by atoms with Gasteiger partial charge in [-0.25, -0.2) is 4.39 Å². The minimum Gasteiger partial charge on any atom is -0.330 e. The van der Waals surface area contributed by atoms with Gasteiger partial charge in [0.25, 0.3) is 5.91 Å². The minimum absolute atomic E-state index is 0.0642. The van der Waals surface area contributed by atoms with Crippen molar-refractivity contribution in [1.82, 2.24) is 9.80 Å². The predicted octanol–water partition coefficient (Wildman–Crippen LogP) is 5.84. The molecule has 0 fully saturated rings. The molecule has 1 aromatic heterocycles. The van der Waals surface area contributed by atoms with Crippen LogP contribution in [0.5, 0.6) is 0 Å². The lowest BCUT2D eigenvalue weighted by atomic mass is 9.93. The topological polar surface area (TPSA) is 40.6 Å². The Morgan fingerprint density at radius 1 is 1.06 bits per heavy atom. The molecule has 2 amide bonds. The van der Waals surface area contributed by atoms with Gasteiger partial charge in [-0.3, -0.25) is 9.59 Å². The highest BCUT2D eigenvalue weighted by Gasteiger charge is 2.34. The predicted molar refractivity (Wildman–Crippen MR) is 138 cm³/mol. The van der Waals surface area contributed by atoms with Crippen LogP contribution in [-0.2, 0) is 11.2 Å². The molecule has 176 valence electrons. The fraction of sp³-hybridized carbons (Fsp3) is 0.172. The summed E-state index contributed by atoms with van der Waals surface area (Å²) in [4.78, 5) is 31.9. The van der Waals surface area contributed by atoms with Crippen molar-refractivity contribution in [3.63, 3.8) is 0 Å². The smallest absolute Gasteiger partial charge is 0.255 e. The van der Waals surface area contributed by atoms with E-state index in [1.54, 1.807) is 40.5 Å². The molecule has 3 aromatic carbocycles. The van der Waals surface area contributed by atoms with E-state index in [4.69, 9.17) is 0 Å². The Morgan fingerprint density at radius 3 is 2.63 bits per heavy atom. The van der Waals surface area contributed by atoms with Crippen molar-refractivity contribution in [2.75, 3.05) is 19.6 Å². The first kappa shape index (κ1) is 23.0. The van der Waals surface area contributed by atoms with Crippen molar-refractivity contribution in [1.29, 1.82) is 0 Å². The number of thiophene rings is 1. The van der Waals surface area contributed by atoms with Crippen molar-refractivity contribution in [2.24, 2.45) is 0 Å². The van der Waals surface area contributed by atoms with Gasteiger partial charge in [-0.15, -0.1) is 17.9 Å². The first-order chi connectivity index (χ1) is 17.1. The van der Waals surface area contributed by atoms with Crippen molar-refractivity contribution >= 4 is 33.9 Å². The Morgan fingerprint density at radius 2 is 1.83 bits per heavy atom. The first-order valence-corrected chi connectivity index (χ1v) is 12.4. The largest absolute Gasteiger partial charge is 0.330 e. The normalized spacial score (nSPS) is 15.0. The summed E-state index contributed by atoms with van der Waals surface area (Å²) in [6, 6.07) is 21.4. The molecule has 0 saturated carbocycles. The van der Waals surface area contributed by atoms with Gasteiger partial charge < -0.3 is 9.80 Å². The van der Waals surface area contributed by atoms with Gasteiger partial charge in [-0.2, -0.15) is 0 Å². The number of hydrogen-bond donors (Lipinski definition) is 0. The molecule has 0 N–H and O–H groups in total. The summed E-state index contributed by atoms with van der Waals surface area (Å²) >= 11 is 1.68. The summed E-state index contributed by atoms with van der Waals surface area (Å²) in [5.74, 6) is -0.668. The monoisotopic (exact) mass is 484 g/mol. The molecule has 35 heavy (non-hydrogen) atoms. The van der Waals surface area contributed by atoms with Gasteiger partial charge in [0.1, 0.15) is 12.4 Å². The Labute approximate surface area is 207 Å². The molecule has 6 heteroatoms. The molecule has 5 rings (SSSR count). The molecule has 1 atom stereocenters. The molecule has 1 aliphatic rings. The fourth-order valence-electron chi connectivity index (χ4n) is 4.80. The molecule has 2 heterocycles. The quantitative estimate of drug-likeness (QED) is 0.323. The average molecular weight is 485 g/mol. The number of benzene rings is 3. The molecule has 0 bridgehead atoms. The van der Waals surface area contributed by atoms with Crippen LogP contribution in [0.3, 0.4) is 0 Å². The molecule has 4 aromatic rings. The van der Waals surface area contributed by atoms with Gasteiger partial charge in [0, 0.05) is 23.5 Å². The van der Waals surface area contributed by atoms with E-state index in [1.807, 2.05) is 52.7 Å². The highest BCUT2D eigenvalue weighted by atomic mass is 32.1. The zero-order valence-corrected chi connectivity index (χ0v) is 20.0. The zero-order valence-electron chi connectivity index (χ0n) is 19.2. The lowest BCUT2D eigenvalue weighted by molar-refractivity contribution is -0.133. The number of hydrogen-bond acceptors (Lipinski definition) is 3. The van der Waals surface area contributed by atoms with Crippen LogP contribution in [0.15, 0.2) is 90.8 Å². The maximum Gasteiger partial charge on any atom is 0.255 e. The number of fused-ring (bicyclic) bond motifs is 2. The van der Waals surface area contributed by atoms with E-state index in [1.165, 1.54) is 17.0 Å². The van der Waals surface area contributed by atoms with E-state index in [2.05, 4.69) is 6.58 Å². The Bertz CT molecular complexity index is 1390. The molecule has 0 saturated heterocycles. The van der Waals surface area contributed by atoms with Crippen LogP contribution < -0.4 is 0 Å². The highest BCUT2D eigenvalue weighted by molar-refractivity contribution is 7.10. The number of rotatable bonds is 6. The van der Waals surface area contributed by atoms with E-state index in [0.29, 0.717) is 12.1 Å². The maximum atomic E-state index is 13.7.